The smallest absolute Gasteiger partial charge is 0.269 e. The summed E-state index contributed by atoms with van der Waals surface area (Å²) in [7, 11) is 1.52. The highest BCUT2D eigenvalue weighted by Crippen LogP contribution is 2.37. The first-order chi connectivity index (χ1) is 14.0. The number of hydrogen-bond acceptors (Lipinski definition) is 5. The molecule has 3 aromatic carbocycles. The van der Waals surface area contributed by atoms with Crippen molar-refractivity contribution in [3.8, 4) is 11.5 Å². The van der Waals surface area contributed by atoms with Crippen molar-refractivity contribution in [3.63, 3.8) is 0 Å². The van der Waals surface area contributed by atoms with Gasteiger partial charge in [0.25, 0.3) is 5.69 Å². The summed E-state index contributed by atoms with van der Waals surface area (Å²) in [4.78, 5) is 10.3. The van der Waals surface area contributed by atoms with Crippen LogP contribution in [0.25, 0.3) is 0 Å². The molecular weight excluding hydrogens is 399 g/mol. The van der Waals surface area contributed by atoms with Crippen LogP contribution in [0.3, 0.4) is 0 Å². The summed E-state index contributed by atoms with van der Waals surface area (Å²) in [5.41, 5.74) is 2.41. The minimum absolute atomic E-state index is 0.0305. The lowest BCUT2D eigenvalue weighted by Crippen LogP contribution is -2.03. The van der Waals surface area contributed by atoms with Crippen molar-refractivity contribution < 1.29 is 18.8 Å². The van der Waals surface area contributed by atoms with Gasteiger partial charge in [0.1, 0.15) is 12.4 Å². The van der Waals surface area contributed by atoms with Crippen LogP contribution in [0, 0.1) is 15.9 Å². The fourth-order valence-electron chi connectivity index (χ4n) is 2.66. The van der Waals surface area contributed by atoms with Gasteiger partial charge >= 0.3 is 0 Å². The van der Waals surface area contributed by atoms with Gasteiger partial charge < -0.3 is 14.8 Å². The number of nitrogens with zero attached hydrogens (tertiary/aromatic N) is 1. The minimum Gasteiger partial charge on any atom is -0.493 e. The van der Waals surface area contributed by atoms with Gasteiger partial charge in [-0.2, -0.15) is 0 Å². The molecule has 0 atom stereocenters. The van der Waals surface area contributed by atoms with Crippen LogP contribution < -0.4 is 14.8 Å². The van der Waals surface area contributed by atoms with Gasteiger partial charge in [-0.05, 0) is 47.5 Å². The van der Waals surface area contributed by atoms with E-state index >= 15 is 0 Å². The highest BCUT2D eigenvalue weighted by Gasteiger charge is 2.13. The Kier molecular flexibility index (Phi) is 6.51. The van der Waals surface area contributed by atoms with Crippen LogP contribution in [-0.2, 0) is 13.2 Å². The molecule has 0 amide bonds. The molecule has 0 radical (unpaired) electrons. The summed E-state index contributed by atoms with van der Waals surface area (Å²) in [6.07, 6.45) is 0. The Bertz CT molecular complexity index is 995. The lowest BCUT2D eigenvalue weighted by molar-refractivity contribution is -0.384. The fraction of sp³-hybridized carbons (Fsp3) is 0.143. The molecule has 0 bridgehead atoms. The van der Waals surface area contributed by atoms with Gasteiger partial charge in [0.2, 0.25) is 0 Å². The van der Waals surface area contributed by atoms with Crippen molar-refractivity contribution in [2.24, 2.45) is 0 Å². The number of nitro benzene ring substituents is 1. The summed E-state index contributed by atoms with van der Waals surface area (Å²) in [5, 5.41) is 14.3. The van der Waals surface area contributed by atoms with E-state index < -0.39 is 4.92 Å². The highest BCUT2D eigenvalue weighted by atomic mass is 35.5. The van der Waals surface area contributed by atoms with Crippen LogP contribution >= 0.6 is 11.6 Å². The molecule has 29 heavy (non-hydrogen) atoms. The summed E-state index contributed by atoms with van der Waals surface area (Å²) in [5.74, 6) is 0.562. The number of benzene rings is 3. The van der Waals surface area contributed by atoms with Gasteiger partial charge in [0, 0.05) is 24.4 Å². The number of anilines is 1. The number of ether oxygens (including phenoxy) is 2. The Balaban J connectivity index is 1.68. The molecule has 0 aliphatic carbocycles. The standard InChI is InChI=1S/C21H18ClFN2O4/c1-28-20-11-15(12-24-17-6-8-18(9-7-17)25(26)27)10-19(22)21(20)29-13-14-2-4-16(23)5-3-14/h2-11,24H,12-13H2,1H3. The average Bonchev–Trinajstić information content (AvgIpc) is 2.72. The normalized spacial score (nSPS) is 10.4. The van der Waals surface area contributed by atoms with Crippen LogP contribution in [0.5, 0.6) is 11.5 Å². The second-order valence-corrected chi connectivity index (χ2v) is 6.59. The molecule has 1 N–H and O–H groups in total. The Labute approximate surface area is 172 Å². The van der Waals surface area contributed by atoms with Crippen molar-refractivity contribution in [1.82, 2.24) is 0 Å². The summed E-state index contributed by atoms with van der Waals surface area (Å²) >= 11 is 6.37. The lowest BCUT2D eigenvalue weighted by atomic mass is 10.2. The van der Waals surface area contributed by atoms with E-state index in [0.29, 0.717) is 23.1 Å². The maximum atomic E-state index is 13.0. The molecule has 0 aromatic heterocycles. The molecule has 0 unspecified atom stereocenters. The van der Waals surface area contributed by atoms with Crippen LogP contribution in [0.1, 0.15) is 11.1 Å². The zero-order valence-corrected chi connectivity index (χ0v) is 16.3. The van der Waals surface area contributed by atoms with E-state index in [1.807, 2.05) is 0 Å². The Morgan fingerprint density at radius 1 is 1.07 bits per heavy atom. The van der Waals surface area contributed by atoms with Crippen LogP contribution in [0.4, 0.5) is 15.8 Å². The molecule has 0 aliphatic heterocycles. The number of nitrogens with one attached hydrogen (secondary N) is 1. The van der Waals surface area contributed by atoms with Gasteiger partial charge in [-0.25, -0.2) is 4.39 Å². The van der Waals surface area contributed by atoms with E-state index in [-0.39, 0.29) is 18.1 Å². The van der Waals surface area contributed by atoms with Gasteiger partial charge in [-0.1, -0.05) is 23.7 Å². The second-order valence-electron chi connectivity index (χ2n) is 6.18. The lowest BCUT2D eigenvalue weighted by Gasteiger charge is -2.15. The van der Waals surface area contributed by atoms with Crippen molar-refractivity contribution in [2.75, 3.05) is 12.4 Å². The first kappa shape index (κ1) is 20.4. The topological polar surface area (TPSA) is 73.6 Å². The van der Waals surface area contributed by atoms with Crippen molar-refractivity contribution in [2.45, 2.75) is 13.2 Å². The maximum absolute atomic E-state index is 13.0. The number of rotatable bonds is 8. The monoisotopic (exact) mass is 416 g/mol. The van der Waals surface area contributed by atoms with Crippen molar-refractivity contribution in [3.05, 3.63) is 92.7 Å². The zero-order valence-electron chi connectivity index (χ0n) is 15.5. The van der Waals surface area contributed by atoms with Gasteiger partial charge in [-0.15, -0.1) is 0 Å². The van der Waals surface area contributed by atoms with E-state index in [1.54, 1.807) is 36.4 Å². The van der Waals surface area contributed by atoms with E-state index in [1.165, 1.54) is 31.4 Å². The fourth-order valence-corrected chi connectivity index (χ4v) is 2.94. The van der Waals surface area contributed by atoms with E-state index in [4.69, 9.17) is 21.1 Å². The zero-order chi connectivity index (χ0) is 20.8. The number of methoxy groups -OCH3 is 1. The summed E-state index contributed by atoms with van der Waals surface area (Å²) < 4.78 is 24.2. The van der Waals surface area contributed by atoms with Crippen molar-refractivity contribution in [1.29, 1.82) is 0 Å². The van der Waals surface area contributed by atoms with E-state index in [0.717, 1.165) is 16.8 Å². The van der Waals surface area contributed by atoms with Gasteiger partial charge in [-0.3, -0.25) is 10.1 Å². The number of hydrogen-bond donors (Lipinski definition) is 1. The Hall–Kier alpha value is -3.32. The number of halogens is 2. The molecule has 0 saturated heterocycles. The molecule has 3 rings (SSSR count). The van der Waals surface area contributed by atoms with Gasteiger partial charge in [0.05, 0.1) is 17.1 Å². The Morgan fingerprint density at radius 2 is 1.76 bits per heavy atom. The van der Waals surface area contributed by atoms with Crippen LogP contribution in [-0.4, -0.2) is 12.0 Å². The summed E-state index contributed by atoms with van der Waals surface area (Å²) in [6, 6.07) is 15.7. The molecule has 0 heterocycles. The quantitative estimate of drug-likeness (QED) is 0.383. The Morgan fingerprint density at radius 3 is 2.38 bits per heavy atom. The molecule has 0 aliphatic rings. The third-order valence-corrected chi connectivity index (χ3v) is 4.44. The van der Waals surface area contributed by atoms with Crippen molar-refractivity contribution >= 4 is 23.0 Å². The first-order valence-electron chi connectivity index (χ1n) is 8.68. The van der Waals surface area contributed by atoms with E-state index in [9.17, 15) is 14.5 Å². The third-order valence-electron chi connectivity index (χ3n) is 4.16. The third kappa shape index (κ3) is 5.36. The molecule has 3 aromatic rings. The molecule has 0 saturated carbocycles. The largest absolute Gasteiger partial charge is 0.493 e. The molecule has 150 valence electrons. The molecule has 0 spiro atoms. The number of non-ortho nitro benzene ring substituents is 1. The average molecular weight is 417 g/mol. The molecule has 0 fully saturated rings. The predicted molar refractivity (Wildman–Crippen MR) is 109 cm³/mol. The molecular formula is C21H18ClFN2O4. The SMILES string of the molecule is COc1cc(CNc2ccc([N+](=O)[O-])cc2)cc(Cl)c1OCc1ccc(F)cc1. The summed E-state index contributed by atoms with van der Waals surface area (Å²) in [6.45, 7) is 0.656. The number of nitro groups is 1. The minimum atomic E-state index is -0.445. The van der Waals surface area contributed by atoms with Crippen LogP contribution in [0.2, 0.25) is 5.02 Å². The molecule has 6 nitrogen and oxygen atoms in total. The van der Waals surface area contributed by atoms with E-state index in [2.05, 4.69) is 5.32 Å². The second kappa shape index (κ2) is 9.25. The molecule has 8 heteroatoms. The highest BCUT2D eigenvalue weighted by molar-refractivity contribution is 6.32. The maximum Gasteiger partial charge on any atom is 0.269 e. The predicted octanol–water partition coefficient (Wildman–Crippen LogP) is 5.59. The van der Waals surface area contributed by atoms with Gasteiger partial charge in [0.15, 0.2) is 11.5 Å². The van der Waals surface area contributed by atoms with Crippen LogP contribution in [0.15, 0.2) is 60.7 Å². The first-order valence-corrected chi connectivity index (χ1v) is 9.06.